The van der Waals surface area contributed by atoms with Crippen LogP contribution in [0.4, 0.5) is 0 Å². The predicted molar refractivity (Wildman–Crippen MR) is 54.7 cm³/mol. The normalized spacial score (nSPS) is 47.8. The molecule has 0 aliphatic heterocycles. The number of hydrogen-bond acceptors (Lipinski definition) is 1. The van der Waals surface area contributed by atoms with Gasteiger partial charge < -0.3 is 0 Å². The second kappa shape index (κ2) is 2.69. The first kappa shape index (κ1) is 8.22. The summed E-state index contributed by atoms with van der Waals surface area (Å²) < 4.78 is 0. The van der Waals surface area contributed by atoms with Crippen LogP contribution in [0.2, 0.25) is 0 Å². The average molecular weight is 241 g/mol. The molecule has 0 spiro atoms. The first-order valence-corrected chi connectivity index (χ1v) is 6.07. The second-order valence-corrected chi connectivity index (χ2v) is 5.63. The zero-order chi connectivity index (χ0) is 9.00. The molecule has 0 aromatic rings. The van der Waals surface area contributed by atoms with Crippen LogP contribution >= 0.6 is 15.9 Å². The minimum absolute atomic E-state index is 0.141. The van der Waals surface area contributed by atoms with Gasteiger partial charge in [0, 0.05) is 5.92 Å². The van der Waals surface area contributed by atoms with Gasteiger partial charge in [-0.05, 0) is 37.5 Å². The Morgan fingerprint density at radius 2 is 2.15 bits per heavy atom. The van der Waals surface area contributed by atoms with Crippen molar-refractivity contribution in [2.45, 2.75) is 30.5 Å². The summed E-state index contributed by atoms with van der Waals surface area (Å²) >= 11 is 3.51. The molecule has 3 aliphatic rings. The number of halogens is 1. The van der Waals surface area contributed by atoms with Crippen molar-refractivity contribution in [3.8, 4) is 0 Å². The smallest absolute Gasteiger partial charge is 0.150 e. The van der Waals surface area contributed by atoms with Gasteiger partial charge in [-0.1, -0.05) is 27.6 Å². The third kappa shape index (κ3) is 1.01. The Bertz CT molecular complexity index is 294. The van der Waals surface area contributed by atoms with Crippen LogP contribution in [0.3, 0.4) is 0 Å². The summed E-state index contributed by atoms with van der Waals surface area (Å²) in [5.74, 6) is 2.28. The van der Waals surface area contributed by atoms with Gasteiger partial charge >= 0.3 is 0 Å². The van der Waals surface area contributed by atoms with Crippen LogP contribution in [0.25, 0.3) is 0 Å². The lowest BCUT2D eigenvalue weighted by Crippen LogP contribution is -2.29. The molecule has 13 heavy (non-hydrogen) atoms. The van der Waals surface area contributed by atoms with Gasteiger partial charge in [-0.2, -0.15) is 0 Å². The van der Waals surface area contributed by atoms with Crippen molar-refractivity contribution in [3.63, 3.8) is 0 Å². The van der Waals surface area contributed by atoms with E-state index in [0.717, 1.165) is 25.2 Å². The van der Waals surface area contributed by atoms with Crippen molar-refractivity contribution in [1.29, 1.82) is 0 Å². The number of hydrogen-bond donors (Lipinski definition) is 0. The number of allylic oxidation sites excluding steroid dienone is 2. The Hall–Kier alpha value is -0.110. The van der Waals surface area contributed by atoms with Gasteiger partial charge in [0.25, 0.3) is 0 Å². The van der Waals surface area contributed by atoms with Crippen LogP contribution in [0.5, 0.6) is 0 Å². The second-order valence-electron chi connectivity index (χ2n) is 4.52. The molecule has 0 aromatic carbocycles. The zero-order valence-electron chi connectivity index (χ0n) is 7.50. The monoisotopic (exact) mass is 240 g/mol. The van der Waals surface area contributed by atoms with Crippen molar-refractivity contribution in [2.24, 2.45) is 17.8 Å². The fourth-order valence-electron chi connectivity index (χ4n) is 3.25. The summed E-state index contributed by atoms with van der Waals surface area (Å²) in [5, 5.41) is 0. The van der Waals surface area contributed by atoms with E-state index in [1.165, 1.54) is 6.42 Å². The highest BCUT2D eigenvalue weighted by Crippen LogP contribution is 2.53. The maximum Gasteiger partial charge on any atom is 0.150 e. The highest BCUT2D eigenvalue weighted by Gasteiger charge is 2.48. The molecule has 3 aliphatic carbocycles. The number of rotatable bonds is 0. The molecule has 2 saturated carbocycles. The Morgan fingerprint density at radius 3 is 3.00 bits per heavy atom. The van der Waals surface area contributed by atoms with Crippen molar-refractivity contribution < 1.29 is 4.79 Å². The lowest BCUT2D eigenvalue weighted by molar-refractivity contribution is -0.122. The zero-order valence-corrected chi connectivity index (χ0v) is 9.09. The summed E-state index contributed by atoms with van der Waals surface area (Å²) in [7, 11) is 0. The average Bonchev–Trinajstić information content (AvgIpc) is 2.38. The number of ketones is 1. The molecule has 0 amide bonds. The SMILES string of the molecule is O=C1[C@@H](Br)CCC2=C[C@H]3CC[C@@H]1[C@@H]23. The molecular weight excluding hydrogens is 228 g/mol. The lowest BCUT2D eigenvalue weighted by atomic mass is 9.72. The maximum absolute atomic E-state index is 11.9. The third-order valence-electron chi connectivity index (χ3n) is 3.92. The molecule has 0 saturated heterocycles. The predicted octanol–water partition coefficient (Wildman–Crippen LogP) is 2.70. The van der Waals surface area contributed by atoms with Crippen LogP contribution in [0.1, 0.15) is 25.7 Å². The van der Waals surface area contributed by atoms with E-state index in [2.05, 4.69) is 22.0 Å². The Morgan fingerprint density at radius 1 is 1.31 bits per heavy atom. The molecule has 0 N–H and O–H groups in total. The van der Waals surface area contributed by atoms with Gasteiger partial charge in [-0.3, -0.25) is 4.79 Å². The van der Waals surface area contributed by atoms with Gasteiger partial charge in [0.2, 0.25) is 0 Å². The van der Waals surface area contributed by atoms with E-state index in [0.29, 0.717) is 17.6 Å². The van der Waals surface area contributed by atoms with E-state index in [9.17, 15) is 4.79 Å². The van der Waals surface area contributed by atoms with E-state index < -0.39 is 0 Å². The molecular formula is C11H13BrO. The highest BCUT2D eigenvalue weighted by atomic mass is 79.9. The Kier molecular flexibility index (Phi) is 1.70. The Balaban J connectivity index is 1.97. The van der Waals surface area contributed by atoms with E-state index in [4.69, 9.17) is 0 Å². The van der Waals surface area contributed by atoms with Crippen LogP contribution < -0.4 is 0 Å². The van der Waals surface area contributed by atoms with Crippen molar-refractivity contribution in [3.05, 3.63) is 11.6 Å². The standard InChI is InChI=1S/C11H13BrO/c12-9-4-2-7-5-6-1-3-8(10(6)7)11(9)13/h5-6,8-10H,1-4H2/t6-,8-,9+,10-/m1/s1. The van der Waals surface area contributed by atoms with Crippen molar-refractivity contribution in [1.82, 2.24) is 0 Å². The topological polar surface area (TPSA) is 17.1 Å². The van der Waals surface area contributed by atoms with Gasteiger partial charge in [-0.25, -0.2) is 0 Å². The first-order valence-electron chi connectivity index (χ1n) is 5.16. The van der Waals surface area contributed by atoms with Gasteiger partial charge in [0.15, 0.2) is 0 Å². The van der Waals surface area contributed by atoms with Crippen molar-refractivity contribution in [2.75, 3.05) is 0 Å². The molecule has 1 nitrogen and oxygen atoms in total. The van der Waals surface area contributed by atoms with Crippen LogP contribution in [-0.2, 0) is 4.79 Å². The minimum Gasteiger partial charge on any atom is -0.298 e. The van der Waals surface area contributed by atoms with Gasteiger partial charge in [0.05, 0.1) is 4.83 Å². The number of Topliss-reactive ketones (excluding diaryl/α,β-unsaturated/α-hetero) is 1. The summed E-state index contributed by atoms with van der Waals surface area (Å²) in [6.45, 7) is 0. The molecule has 70 valence electrons. The van der Waals surface area contributed by atoms with Gasteiger partial charge in [0.1, 0.15) is 5.78 Å². The minimum atomic E-state index is 0.141. The molecule has 0 heterocycles. The van der Waals surface area contributed by atoms with E-state index >= 15 is 0 Å². The third-order valence-corrected chi connectivity index (χ3v) is 4.83. The summed E-state index contributed by atoms with van der Waals surface area (Å²) in [5.41, 5.74) is 1.59. The van der Waals surface area contributed by atoms with Crippen LogP contribution in [-0.4, -0.2) is 10.6 Å². The molecule has 2 heteroatoms. The number of carbonyl (C=O) groups excluding carboxylic acids is 1. The molecule has 0 unspecified atom stereocenters. The highest BCUT2D eigenvalue weighted by molar-refractivity contribution is 9.10. The summed E-state index contributed by atoms with van der Waals surface area (Å²) in [4.78, 5) is 12.1. The van der Waals surface area contributed by atoms with Crippen molar-refractivity contribution >= 4 is 21.7 Å². The van der Waals surface area contributed by atoms with E-state index in [1.807, 2.05) is 0 Å². The number of alkyl halides is 1. The number of carbonyl (C=O) groups is 1. The summed E-state index contributed by atoms with van der Waals surface area (Å²) in [6, 6.07) is 0. The fourth-order valence-corrected chi connectivity index (χ4v) is 3.82. The van der Waals surface area contributed by atoms with Crippen LogP contribution in [0.15, 0.2) is 11.6 Å². The summed E-state index contributed by atoms with van der Waals surface area (Å²) in [6.07, 6.45) is 6.98. The van der Waals surface area contributed by atoms with E-state index in [-0.39, 0.29) is 4.83 Å². The maximum atomic E-state index is 11.9. The lowest BCUT2D eigenvalue weighted by Gasteiger charge is -2.32. The molecule has 2 fully saturated rings. The first-order chi connectivity index (χ1) is 6.27. The molecule has 0 bridgehead atoms. The molecule has 3 rings (SSSR count). The van der Waals surface area contributed by atoms with Crippen LogP contribution in [0, 0.1) is 17.8 Å². The quantitative estimate of drug-likeness (QED) is 0.470. The molecule has 4 atom stereocenters. The molecule has 0 radical (unpaired) electrons. The van der Waals surface area contributed by atoms with E-state index in [1.54, 1.807) is 5.57 Å². The molecule has 0 aromatic heterocycles. The largest absolute Gasteiger partial charge is 0.298 e. The fraction of sp³-hybridized carbons (Fsp3) is 0.727. The van der Waals surface area contributed by atoms with Gasteiger partial charge in [-0.15, -0.1) is 0 Å². The Labute approximate surface area is 86.7 Å².